The normalized spacial score (nSPS) is 11.6. The minimum atomic E-state index is -0.313. The molecule has 0 unspecified atom stereocenters. The van der Waals surface area contributed by atoms with Gasteiger partial charge in [0.1, 0.15) is 22.2 Å². The van der Waals surface area contributed by atoms with Crippen molar-refractivity contribution in [2.75, 3.05) is 20.2 Å². The van der Waals surface area contributed by atoms with Gasteiger partial charge in [-0.05, 0) is 56.1 Å². The Balaban J connectivity index is 1.48. The molecule has 0 aliphatic rings. The summed E-state index contributed by atoms with van der Waals surface area (Å²) in [5, 5.41) is 6.26. The molecule has 168 valence electrons. The fourth-order valence-electron chi connectivity index (χ4n) is 4.18. The number of aromatic nitrogens is 2. The maximum absolute atomic E-state index is 12.5. The van der Waals surface area contributed by atoms with E-state index in [-0.39, 0.29) is 5.63 Å². The minimum Gasteiger partial charge on any atom is -0.497 e. The van der Waals surface area contributed by atoms with E-state index >= 15 is 0 Å². The molecular formula is C26H31N3O3. The highest BCUT2D eigenvalue weighted by molar-refractivity contribution is 6.02. The lowest BCUT2D eigenvalue weighted by atomic mass is 10.1. The van der Waals surface area contributed by atoms with Crippen LogP contribution in [0.1, 0.15) is 37.4 Å². The van der Waals surface area contributed by atoms with Crippen LogP contribution in [-0.4, -0.2) is 34.9 Å². The Morgan fingerprint density at radius 2 is 1.81 bits per heavy atom. The Bertz CT molecular complexity index is 1240. The second kappa shape index (κ2) is 10.0. The Kier molecular flexibility index (Phi) is 6.90. The van der Waals surface area contributed by atoms with E-state index in [0.29, 0.717) is 11.0 Å². The first-order valence-corrected chi connectivity index (χ1v) is 11.3. The van der Waals surface area contributed by atoms with E-state index in [1.54, 1.807) is 7.11 Å². The fraction of sp³-hybridized carbons (Fsp3) is 0.385. The average Bonchev–Trinajstić information content (AvgIpc) is 3.15. The number of para-hydroxylation sites is 1. The van der Waals surface area contributed by atoms with Gasteiger partial charge < -0.3 is 9.15 Å². The Morgan fingerprint density at radius 1 is 1.06 bits per heavy atom. The van der Waals surface area contributed by atoms with E-state index in [1.165, 1.54) is 18.4 Å². The smallest absolute Gasteiger partial charge is 0.347 e. The second-order valence-electron chi connectivity index (χ2n) is 8.25. The summed E-state index contributed by atoms with van der Waals surface area (Å²) in [5.41, 5.74) is 3.16. The van der Waals surface area contributed by atoms with Crippen LogP contribution >= 0.6 is 0 Å². The van der Waals surface area contributed by atoms with E-state index in [1.807, 2.05) is 48.0 Å². The van der Waals surface area contributed by atoms with Crippen molar-refractivity contribution in [1.29, 1.82) is 0 Å². The number of hydrogen-bond acceptors (Lipinski definition) is 5. The standard InChI is InChI=1S/C26H31N3O3/c1-4-5-15-28(18-20-11-13-21(31-3)14-12-20)16-8-17-29-19(2)24-25(27-29)22-9-6-7-10-23(22)32-26(24)30/h6-7,9-14H,4-5,8,15-18H2,1-3H3. The van der Waals surface area contributed by atoms with Gasteiger partial charge in [0.25, 0.3) is 0 Å². The maximum atomic E-state index is 12.5. The molecule has 0 N–H and O–H groups in total. The fourth-order valence-corrected chi connectivity index (χ4v) is 4.18. The van der Waals surface area contributed by atoms with Gasteiger partial charge in [-0.2, -0.15) is 5.10 Å². The van der Waals surface area contributed by atoms with Gasteiger partial charge in [0.15, 0.2) is 0 Å². The monoisotopic (exact) mass is 433 g/mol. The summed E-state index contributed by atoms with van der Waals surface area (Å²) in [6.45, 7) is 7.89. The third-order valence-electron chi connectivity index (χ3n) is 5.99. The quantitative estimate of drug-likeness (QED) is 0.324. The molecule has 0 spiro atoms. The van der Waals surface area contributed by atoms with Gasteiger partial charge in [0.2, 0.25) is 0 Å². The van der Waals surface area contributed by atoms with Crippen LogP contribution in [0, 0.1) is 6.92 Å². The summed E-state index contributed by atoms with van der Waals surface area (Å²) in [6, 6.07) is 15.9. The lowest BCUT2D eigenvalue weighted by Crippen LogP contribution is -2.26. The predicted octanol–water partition coefficient (Wildman–Crippen LogP) is 5.15. The largest absolute Gasteiger partial charge is 0.497 e. The molecule has 0 bridgehead atoms. The van der Waals surface area contributed by atoms with Crippen LogP contribution in [0.5, 0.6) is 5.75 Å². The minimum absolute atomic E-state index is 0.313. The van der Waals surface area contributed by atoms with Crippen LogP contribution in [0.15, 0.2) is 57.7 Å². The van der Waals surface area contributed by atoms with Crippen molar-refractivity contribution in [2.24, 2.45) is 0 Å². The summed E-state index contributed by atoms with van der Waals surface area (Å²) in [7, 11) is 1.69. The third-order valence-corrected chi connectivity index (χ3v) is 5.99. The molecule has 2 heterocycles. The van der Waals surface area contributed by atoms with Gasteiger partial charge in [0.05, 0.1) is 12.8 Å². The first-order valence-electron chi connectivity index (χ1n) is 11.3. The van der Waals surface area contributed by atoms with Crippen LogP contribution < -0.4 is 10.4 Å². The van der Waals surface area contributed by atoms with Crippen molar-refractivity contribution in [3.8, 4) is 5.75 Å². The molecule has 2 aromatic heterocycles. The number of rotatable bonds is 10. The zero-order chi connectivity index (χ0) is 22.5. The summed E-state index contributed by atoms with van der Waals surface area (Å²) in [6.07, 6.45) is 3.30. The second-order valence-corrected chi connectivity index (χ2v) is 8.25. The lowest BCUT2D eigenvalue weighted by molar-refractivity contribution is 0.251. The van der Waals surface area contributed by atoms with Gasteiger partial charge in [-0.15, -0.1) is 0 Å². The van der Waals surface area contributed by atoms with Crippen LogP contribution in [0.3, 0.4) is 0 Å². The predicted molar refractivity (Wildman–Crippen MR) is 128 cm³/mol. The Labute approximate surface area is 188 Å². The molecule has 4 rings (SSSR count). The number of hydrogen-bond donors (Lipinski definition) is 0. The molecule has 0 aliphatic heterocycles. The van der Waals surface area contributed by atoms with Crippen molar-refractivity contribution < 1.29 is 9.15 Å². The maximum Gasteiger partial charge on any atom is 0.347 e. The van der Waals surface area contributed by atoms with Crippen molar-refractivity contribution in [2.45, 2.75) is 46.2 Å². The number of fused-ring (bicyclic) bond motifs is 3. The number of aryl methyl sites for hydroxylation is 2. The Hall–Kier alpha value is -3.12. The summed E-state index contributed by atoms with van der Waals surface area (Å²) in [4.78, 5) is 15.0. The van der Waals surface area contributed by atoms with Crippen LogP contribution in [0.4, 0.5) is 0 Å². The number of methoxy groups -OCH3 is 1. The average molecular weight is 434 g/mol. The molecule has 6 heteroatoms. The molecule has 0 radical (unpaired) electrons. The molecule has 0 fully saturated rings. The van der Waals surface area contributed by atoms with Crippen molar-refractivity contribution in [3.63, 3.8) is 0 Å². The van der Waals surface area contributed by atoms with E-state index in [4.69, 9.17) is 14.3 Å². The number of nitrogens with zero attached hydrogens (tertiary/aromatic N) is 3. The zero-order valence-corrected chi connectivity index (χ0v) is 19.1. The molecule has 0 saturated carbocycles. The lowest BCUT2D eigenvalue weighted by Gasteiger charge is -2.22. The molecule has 2 aromatic carbocycles. The highest BCUT2D eigenvalue weighted by Crippen LogP contribution is 2.24. The number of benzene rings is 2. The van der Waals surface area contributed by atoms with Crippen molar-refractivity contribution >= 4 is 21.9 Å². The molecule has 0 aliphatic carbocycles. The van der Waals surface area contributed by atoms with Crippen molar-refractivity contribution in [3.05, 3.63) is 70.2 Å². The highest BCUT2D eigenvalue weighted by Gasteiger charge is 2.16. The topological polar surface area (TPSA) is 60.5 Å². The number of ether oxygens (including phenoxy) is 1. The van der Waals surface area contributed by atoms with Gasteiger partial charge in [0, 0.05) is 25.0 Å². The first-order chi connectivity index (χ1) is 15.6. The molecule has 0 saturated heterocycles. The zero-order valence-electron chi connectivity index (χ0n) is 19.1. The molecule has 0 amide bonds. The highest BCUT2D eigenvalue weighted by atomic mass is 16.5. The molecule has 6 nitrogen and oxygen atoms in total. The van der Waals surface area contributed by atoms with Crippen LogP contribution in [-0.2, 0) is 13.1 Å². The van der Waals surface area contributed by atoms with Crippen LogP contribution in [0.2, 0.25) is 0 Å². The summed E-state index contributed by atoms with van der Waals surface area (Å²) >= 11 is 0. The number of unbranched alkanes of at least 4 members (excludes halogenated alkanes) is 1. The van der Waals surface area contributed by atoms with Gasteiger partial charge in [-0.1, -0.05) is 37.6 Å². The van der Waals surface area contributed by atoms with Gasteiger partial charge in [-0.25, -0.2) is 4.79 Å². The molecule has 0 atom stereocenters. The Morgan fingerprint density at radius 3 is 2.56 bits per heavy atom. The third kappa shape index (κ3) is 4.70. The van der Waals surface area contributed by atoms with Crippen LogP contribution in [0.25, 0.3) is 21.9 Å². The van der Waals surface area contributed by atoms with E-state index in [2.05, 4.69) is 24.0 Å². The molecular weight excluding hydrogens is 402 g/mol. The SMILES string of the molecule is CCCCN(CCCn1nc2c(c1C)c(=O)oc1ccccc12)Cc1ccc(OC)cc1. The summed E-state index contributed by atoms with van der Waals surface area (Å²) in [5.74, 6) is 0.882. The van der Waals surface area contributed by atoms with E-state index < -0.39 is 0 Å². The van der Waals surface area contributed by atoms with Gasteiger partial charge in [-0.3, -0.25) is 9.58 Å². The molecule has 4 aromatic rings. The molecule has 32 heavy (non-hydrogen) atoms. The van der Waals surface area contributed by atoms with Gasteiger partial charge >= 0.3 is 5.63 Å². The van der Waals surface area contributed by atoms with Crippen molar-refractivity contribution in [1.82, 2.24) is 14.7 Å². The van der Waals surface area contributed by atoms with E-state index in [0.717, 1.165) is 54.9 Å². The van der Waals surface area contributed by atoms with E-state index in [9.17, 15) is 4.79 Å². The summed E-state index contributed by atoms with van der Waals surface area (Å²) < 4.78 is 12.7. The first kappa shape index (κ1) is 22.1.